The van der Waals surface area contributed by atoms with Crippen LogP contribution >= 0.6 is 0 Å². The highest BCUT2D eigenvalue weighted by atomic mass is 16.6. The second-order valence-electron chi connectivity index (χ2n) is 3.99. The monoisotopic (exact) mass is 246 g/mol. The average molecular weight is 246 g/mol. The van der Waals surface area contributed by atoms with Crippen molar-refractivity contribution in [2.75, 3.05) is 19.8 Å². The van der Waals surface area contributed by atoms with Crippen LogP contribution in [-0.4, -0.2) is 24.7 Å². The number of nitrogens with zero attached hydrogens (tertiary/aromatic N) is 1. The minimum Gasteiger partial charge on any atom is -0.486 e. The van der Waals surface area contributed by atoms with Gasteiger partial charge in [-0.2, -0.15) is 0 Å². The van der Waals surface area contributed by atoms with E-state index in [0.29, 0.717) is 37.8 Å². The molecule has 0 fully saturated rings. The summed E-state index contributed by atoms with van der Waals surface area (Å²) in [6.45, 7) is 1.64. The molecule has 5 heteroatoms. The fourth-order valence-electron chi connectivity index (χ4n) is 1.94. The van der Waals surface area contributed by atoms with Crippen LogP contribution in [0.2, 0.25) is 0 Å². The van der Waals surface area contributed by atoms with Gasteiger partial charge in [0.15, 0.2) is 23.1 Å². The Labute approximate surface area is 105 Å². The van der Waals surface area contributed by atoms with Crippen LogP contribution in [0, 0.1) is 0 Å². The molecular formula is C13H14N2O3. The summed E-state index contributed by atoms with van der Waals surface area (Å²) >= 11 is 0. The minimum absolute atomic E-state index is 0.520. The van der Waals surface area contributed by atoms with Crippen molar-refractivity contribution in [3.05, 3.63) is 30.3 Å². The van der Waals surface area contributed by atoms with Crippen LogP contribution in [0.1, 0.15) is 5.89 Å². The van der Waals surface area contributed by atoms with E-state index in [9.17, 15) is 0 Å². The van der Waals surface area contributed by atoms with Gasteiger partial charge < -0.3 is 19.6 Å². The quantitative estimate of drug-likeness (QED) is 0.891. The molecule has 1 aliphatic heterocycles. The van der Waals surface area contributed by atoms with E-state index in [1.165, 1.54) is 0 Å². The van der Waals surface area contributed by atoms with Gasteiger partial charge >= 0.3 is 0 Å². The van der Waals surface area contributed by atoms with Gasteiger partial charge in [-0.1, -0.05) is 6.07 Å². The molecule has 18 heavy (non-hydrogen) atoms. The first-order chi connectivity index (χ1) is 8.88. The van der Waals surface area contributed by atoms with E-state index < -0.39 is 0 Å². The number of para-hydroxylation sites is 1. The Bertz CT molecular complexity index is 551. The van der Waals surface area contributed by atoms with E-state index in [2.05, 4.69) is 4.98 Å². The molecule has 3 rings (SSSR count). The zero-order chi connectivity index (χ0) is 12.4. The Balaban J connectivity index is 2.00. The number of fused-ring (bicyclic) bond motifs is 1. The number of nitrogens with two attached hydrogens (primary N) is 1. The molecule has 0 unspecified atom stereocenters. The highest BCUT2D eigenvalue weighted by molar-refractivity contribution is 5.69. The summed E-state index contributed by atoms with van der Waals surface area (Å²) in [7, 11) is 0. The number of ether oxygens (including phenoxy) is 2. The Hall–Kier alpha value is -2.01. The molecule has 1 aromatic carbocycles. The van der Waals surface area contributed by atoms with Crippen LogP contribution < -0.4 is 15.2 Å². The zero-order valence-corrected chi connectivity index (χ0v) is 9.89. The highest BCUT2D eigenvalue weighted by Gasteiger charge is 2.19. The number of benzene rings is 1. The van der Waals surface area contributed by atoms with E-state index in [4.69, 9.17) is 19.6 Å². The second kappa shape index (κ2) is 4.70. The molecule has 0 spiro atoms. The van der Waals surface area contributed by atoms with E-state index in [0.717, 1.165) is 17.1 Å². The number of aromatic nitrogens is 1. The average Bonchev–Trinajstić information content (AvgIpc) is 2.87. The molecule has 2 heterocycles. The minimum atomic E-state index is 0.520. The van der Waals surface area contributed by atoms with Gasteiger partial charge in [0.2, 0.25) is 0 Å². The van der Waals surface area contributed by atoms with E-state index >= 15 is 0 Å². The molecule has 0 atom stereocenters. The summed E-state index contributed by atoms with van der Waals surface area (Å²) in [5, 5.41) is 0. The Morgan fingerprint density at radius 3 is 3.00 bits per heavy atom. The second-order valence-corrected chi connectivity index (χ2v) is 3.99. The summed E-state index contributed by atoms with van der Waals surface area (Å²) in [4.78, 5) is 4.19. The van der Waals surface area contributed by atoms with Gasteiger partial charge in [0.1, 0.15) is 13.2 Å². The Morgan fingerprint density at radius 1 is 1.22 bits per heavy atom. The lowest BCUT2D eigenvalue weighted by Gasteiger charge is -2.19. The van der Waals surface area contributed by atoms with Crippen LogP contribution in [-0.2, 0) is 6.42 Å². The predicted octanol–water partition coefficient (Wildman–Crippen LogP) is 1.61. The molecule has 1 aromatic heterocycles. The van der Waals surface area contributed by atoms with Crippen LogP contribution in [0.3, 0.4) is 0 Å². The predicted molar refractivity (Wildman–Crippen MR) is 65.7 cm³/mol. The molecular weight excluding hydrogens is 232 g/mol. The van der Waals surface area contributed by atoms with Crippen molar-refractivity contribution in [2.24, 2.45) is 5.73 Å². The lowest BCUT2D eigenvalue weighted by atomic mass is 10.1. The van der Waals surface area contributed by atoms with Gasteiger partial charge in [0, 0.05) is 13.0 Å². The third kappa shape index (κ3) is 1.93. The molecule has 0 saturated heterocycles. The van der Waals surface area contributed by atoms with Crippen molar-refractivity contribution >= 4 is 0 Å². The molecule has 0 amide bonds. The van der Waals surface area contributed by atoms with Crippen molar-refractivity contribution in [1.29, 1.82) is 0 Å². The molecule has 94 valence electrons. The molecule has 2 aromatic rings. The number of hydrogen-bond donors (Lipinski definition) is 1. The highest BCUT2D eigenvalue weighted by Crippen LogP contribution is 2.39. The topological polar surface area (TPSA) is 70.5 Å². The summed E-state index contributed by atoms with van der Waals surface area (Å²) < 4.78 is 16.8. The van der Waals surface area contributed by atoms with E-state index in [1.807, 2.05) is 18.2 Å². The third-order valence-electron chi connectivity index (χ3n) is 2.74. The molecule has 5 nitrogen and oxygen atoms in total. The lowest BCUT2D eigenvalue weighted by molar-refractivity contribution is 0.172. The van der Waals surface area contributed by atoms with Crippen LogP contribution in [0.4, 0.5) is 0 Å². The first-order valence-corrected chi connectivity index (χ1v) is 5.92. The van der Waals surface area contributed by atoms with E-state index in [-0.39, 0.29) is 0 Å². The molecule has 1 aliphatic rings. The van der Waals surface area contributed by atoms with Gasteiger partial charge in [-0.05, 0) is 12.1 Å². The number of hydrogen-bond acceptors (Lipinski definition) is 5. The molecule has 0 saturated carbocycles. The standard InChI is InChI=1S/C13H14N2O3/c14-5-4-12-15-8-11(18-12)9-2-1-3-10-13(9)17-7-6-16-10/h1-3,8H,4-7,14H2. The smallest absolute Gasteiger partial charge is 0.196 e. The van der Waals surface area contributed by atoms with Crippen molar-refractivity contribution < 1.29 is 13.9 Å². The molecule has 0 bridgehead atoms. The Kier molecular flexibility index (Phi) is 2.90. The largest absolute Gasteiger partial charge is 0.486 e. The first kappa shape index (κ1) is 11.1. The van der Waals surface area contributed by atoms with Crippen molar-refractivity contribution in [3.8, 4) is 22.8 Å². The number of oxazole rings is 1. The van der Waals surface area contributed by atoms with Crippen LogP contribution in [0.15, 0.2) is 28.8 Å². The van der Waals surface area contributed by atoms with Crippen LogP contribution in [0.5, 0.6) is 11.5 Å². The number of rotatable bonds is 3. The van der Waals surface area contributed by atoms with Crippen LogP contribution in [0.25, 0.3) is 11.3 Å². The maximum Gasteiger partial charge on any atom is 0.196 e. The first-order valence-electron chi connectivity index (χ1n) is 5.92. The molecule has 0 radical (unpaired) electrons. The SMILES string of the molecule is NCCc1ncc(-c2cccc3c2OCCO3)o1. The fourth-order valence-corrected chi connectivity index (χ4v) is 1.94. The zero-order valence-electron chi connectivity index (χ0n) is 9.89. The van der Waals surface area contributed by atoms with Crippen molar-refractivity contribution in [1.82, 2.24) is 4.98 Å². The summed E-state index contributed by atoms with van der Waals surface area (Å²) in [6.07, 6.45) is 2.32. The molecule has 2 N–H and O–H groups in total. The van der Waals surface area contributed by atoms with Gasteiger partial charge in [0.25, 0.3) is 0 Å². The third-order valence-corrected chi connectivity index (χ3v) is 2.74. The van der Waals surface area contributed by atoms with E-state index in [1.54, 1.807) is 6.20 Å². The van der Waals surface area contributed by atoms with Gasteiger partial charge in [-0.15, -0.1) is 0 Å². The van der Waals surface area contributed by atoms with Gasteiger partial charge in [-0.25, -0.2) is 4.98 Å². The summed E-state index contributed by atoms with van der Waals surface area (Å²) in [5.74, 6) is 2.79. The fraction of sp³-hybridized carbons (Fsp3) is 0.308. The Morgan fingerprint density at radius 2 is 2.11 bits per heavy atom. The normalized spacial score (nSPS) is 13.6. The molecule has 0 aliphatic carbocycles. The van der Waals surface area contributed by atoms with Gasteiger partial charge in [-0.3, -0.25) is 0 Å². The van der Waals surface area contributed by atoms with Crippen molar-refractivity contribution in [3.63, 3.8) is 0 Å². The van der Waals surface area contributed by atoms with Crippen molar-refractivity contribution in [2.45, 2.75) is 6.42 Å². The van der Waals surface area contributed by atoms with Gasteiger partial charge in [0.05, 0.1) is 11.8 Å². The summed E-state index contributed by atoms with van der Waals surface area (Å²) in [6, 6.07) is 5.73. The lowest BCUT2D eigenvalue weighted by Crippen LogP contribution is -2.15. The maximum absolute atomic E-state index is 5.65. The summed E-state index contributed by atoms with van der Waals surface area (Å²) in [5.41, 5.74) is 6.34. The maximum atomic E-state index is 5.65.